The summed E-state index contributed by atoms with van der Waals surface area (Å²) < 4.78 is 10.7. The molecule has 0 heterocycles. The minimum atomic E-state index is -0.389. The van der Waals surface area contributed by atoms with Gasteiger partial charge in [0.05, 0.1) is 20.1 Å². The van der Waals surface area contributed by atoms with Gasteiger partial charge in [0, 0.05) is 11.5 Å². The normalized spacial score (nSPS) is 11.7. The molecular weight excluding hydrogens is 396 g/mol. The average molecular weight is 423 g/mol. The van der Waals surface area contributed by atoms with Gasteiger partial charge in [0.25, 0.3) is 0 Å². The fourth-order valence-electron chi connectivity index (χ4n) is 4.14. The maximum Gasteiger partial charge on any atom is 0.171 e. The van der Waals surface area contributed by atoms with Crippen LogP contribution in [0.4, 0.5) is 0 Å². The van der Waals surface area contributed by atoms with E-state index in [1.54, 1.807) is 14.2 Å². The van der Waals surface area contributed by atoms with E-state index in [4.69, 9.17) is 9.47 Å². The molecule has 0 aliphatic rings. The van der Waals surface area contributed by atoms with Gasteiger partial charge in [-0.1, -0.05) is 84.9 Å². The number of benzene rings is 4. The molecule has 32 heavy (non-hydrogen) atoms. The molecule has 0 aliphatic heterocycles. The van der Waals surface area contributed by atoms with Crippen molar-refractivity contribution in [3.63, 3.8) is 0 Å². The second-order valence-electron chi connectivity index (χ2n) is 7.64. The van der Waals surface area contributed by atoms with Crippen molar-refractivity contribution in [2.45, 2.75) is 11.8 Å². The van der Waals surface area contributed by atoms with Crippen molar-refractivity contribution in [2.75, 3.05) is 14.2 Å². The Morgan fingerprint density at radius 2 is 1.00 bits per heavy atom. The first-order valence-electron chi connectivity index (χ1n) is 10.6. The number of ether oxygens (including phenoxy) is 2. The topological polar surface area (TPSA) is 35.5 Å². The summed E-state index contributed by atoms with van der Waals surface area (Å²) in [7, 11) is 3.31. The standard InChI is InChI=1S/C29H26O3/c1-31-25-17-13-22(14-18-25)27(23-15-19-26(32-2)20-16-23)28(21-9-5-3-6-10-21)29(30)24-11-7-4-8-12-24/h3-20,27-28H,1-2H3/t28-/m0/s1. The maximum absolute atomic E-state index is 13.9. The second kappa shape index (κ2) is 9.97. The fraction of sp³-hybridized carbons (Fsp3) is 0.138. The van der Waals surface area contributed by atoms with Crippen molar-refractivity contribution in [2.24, 2.45) is 0 Å². The minimum absolute atomic E-state index is 0.0911. The maximum atomic E-state index is 13.9. The van der Waals surface area contributed by atoms with Gasteiger partial charge >= 0.3 is 0 Å². The molecule has 4 aromatic rings. The van der Waals surface area contributed by atoms with E-state index >= 15 is 0 Å². The van der Waals surface area contributed by atoms with Crippen LogP contribution >= 0.6 is 0 Å². The first kappa shape index (κ1) is 21.4. The summed E-state index contributed by atoms with van der Waals surface area (Å²) in [4.78, 5) is 13.9. The Kier molecular flexibility index (Phi) is 6.66. The summed E-state index contributed by atoms with van der Waals surface area (Å²) in [5, 5.41) is 0. The molecule has 0 unspecified atom stereocenters. The minimum Gasteiger partial charge on any atom is -0.497 e. The van der Waals surface area contributed by atoms with Gasteiger partial charge in [0.15, 0.2) is 5.78 Å². The predicted octanol–water partition coefficient (Wildman–Crippen LogP) is 6.50. The van der Waals surface area contributed by atoms with Gasteiger partial charge in [-0.2, -0.15) is 0 Å². The highest BCUT2D eigenvalue weighted by molar-refractivity contribution is 6.02. The smallest absolute Gasteiger partial charge is 0.171 e. The highest BCUT2D eigenvalue weighted by Gasteiger charge is 2.33. The number of carbonyl (C=O) groups is 1. The summed E-state index contributed by atoms with van der Waals surface area (Å²) in [5.74, 6) is 1.09. The van der Waals surface area contributed by atoms with Crippen molar-refractivity contribution >= 4 is 5.78 Å². The molecule has 4 rings (SSSR count). The molecule has 0 aliphatic carbocycles. The first-order valence-corrected chi connectivity index (χ1v) is 10.6. The first-order chi connectivity index (χ1) is 15.7. The number of Topliss-reactive ketones (excluding diaryl/α,β-unsaturated/α-hetero) is 1. The lowest BCUT2D eigenvalue weighted by molar-refractivity contribution is 0.0951. The molecule has 0 aromatic heterocycles. The summed E-state index contributed by atoms with van der Waals surface area (Å²) >= 11 is 0. The highest BCUT2D eigenvalue weighted by atomic mass is 16.5. The molecule has 0 N–H and O–H groups in total. The number of methoxy groups -OCH3 is 2. The molecule has 0 spiro atoms. The van der Waals surface area contributed by atoms with E-state index in [0.29, 0.717) is 5.56 Å². The van der Waals surface area contributed by atoms with Crippen molar-refractivity contribution in [1.29, 1.82) is 0 Å². The van der Waals surface area contributed by atoms with Crippen LogP contribution in [0.5, 0.6) is 11.5 Å². The Morgan fingerprint density at radius 3 is 1.44 bits per heavy atom. The Morgan fingerprint density at radius 1 is 0.562 bits per heavy atom. The van der Waals surface area contributed by atoms with Crippen LogP contribution in [0.25, 0.3) is 0 Å². The molecule has 160 valence electrons. The zero-order chi connectivity index (χ0) is 22.3. The largest absolute Gasteiger partial charge is 0.497 e. The van der Waals surface area contributed by atoms with Crippen molar-refractivity contribution in [3.8, 4) is 11.5 Å². The van der Waals surface area contributed by atoms with E-state index in [9.17, 15) is 4.79 Å². The Balaban J connectivity index is 1.89. The van der Waals surface area contributed by atoms with E-state index in [-0.39, 0.29) is 17.6 Å². The van der Waals surface area contributed by atoms with Gasteiger partial charge in [-0.25, -0.2) is 0 Å². The van der Waals surface area contributed by atoms with Crippen LogP contribution in [0.1, 0.15) is 38.9 Å². The third-order valence-electron chi connectivity index (χ3n) is 5.78. The van der Waals surface area contributed by atoms with Crippen LogP contribution in [-0.4, -0.2) is 20.0 Å². The number of rotatable bonds is 8. The Bertz CT molecular complexity index is 1090. The molecule has 0 amide bonds. The molecule has 1 atom stereocenters. The summed E-state index contributed by atoms with van der Waals surface area (Å²) in [6.45, 7) is 0. The van der Waals surface area contributed by atoms with Crippen molar-refractivity contribution < 1.29 is 14.3 Å². The van der Waals surface area contributed by atoms with E-state index < -0.39 is 0 Å². The summed E-state index contributed by atoms with van der Waals surface area (Å²) in [5.41, 5.74) is 3.79. The number of hydrogen-bond donors (Lipinski definition) is 0. The molecule has 0 fully saturated rings. The van der Waals surface area contributed by atoms with Crippen LogP contribution in [0, 0.1) is 0 Å². The second-order valence-corrected chi connectivity index (χ2v) is 7.64. The van der Waals surface area contributed by atoms with Gasteiger partial charge in [-0.05, 0) is 41.0 Å². The van der Waals surface area contributed by atoms with E-state index in [1.807, 2.05) is 109 Å². The quantitative estimate of drug-likeness (QED) is 0.304. The van der Waals surface area contributed by atoms with Gasteiger partial charge in [-0.3, -0.25) is 4.79 Å². The van der Waals surface area contributed by atoms with E-state index in [2.05, 4.69) is 0 Å². The fourth-order valence-corrected chi connectivity index (χ4v) is 4.14. The summed E-state index contributed by atoms with van der Waals surface area (Å²) in [6, 6.07) is 35.5. The van der Waals surface area contributed by atoms with Crippen LogP contribution in [0.15, 0.2) is 109 Å². The average Bonchev–Trinajstić information content (AvgIpc) is 2.88. The molecule has 3 nitrogen and oxygen atoms in total. The third-order valence-corrected chi connectivity index (χ3v) is 5.78. The number of ketones is 1. The molecule has 0 saturated carbocycles. The lowest BCUT2D eigenvalue weighted by Crippen LogP contribution is -2.22. The van der Waals surface area contributed by atoms with Crippen LogP contribution in [-0.2, 0) is 0 Å². The zero-order valence-corrected chi connectivity index (χ0v) is 18.3. The molecule has 3 heteroatoms. The third kappa shape index (κ3) is 4.57. The van der Waals surface area contributed by atoms with Crippen LogP contribution in [0.3, 0.4) is 0 Å². The molecule has 4 aromatic carbocycles. The number of carbonyl (C=O) groups excluding carboxylic acids is 1. The monoisotopic (exact) mass is 422 g/mol. The lowest BCUT2D eigenvalue weighted by Gasteiger charge is -2.28. The zero-order valence-electron chi connectivity index (χ0n) is 18.3. The Hall–Kier alpha value is -3.85. The van der Waals surface area contributed by atoms with E-state index in [1.165, 1.54) is 0 Å². The van der Waals surface area contributed by atoms with Gasteiger partial charge in [0.2, 0.25) is 0 Å². The lowest BCUT2D eigenvalue weighted by atomic mass is 9.73. The summed E-state index contributed by atoms with van der Waals surface area (Å²) in [6.07, 6.45) is 0. The highest BCUT2D eigenvalue weighted by Crippen LogP contribution is 2.41. The van der Waals surface area contributed by atoms with E-state index in [0.717, 1.165) is 28.2 Å². The van der Waals surface area contributed by atoms with Gasteiger partial charge < -0.3 is 9.47 Å². The van der Waals surface area contributed by atoms with Crippen LogP contribution < -0.4 is 9.47 Å². The Labute approximate surface area is 189 Å². The van der Waals surface area contributed by atoms with Crippen molar-refractivity contribution in [3.05, 3.63) is 131 Å². The predicted molar refractivity (Wildman–Crippen MR) is 128 cm³/mol. The number of hydrogen-bond acceptors (Lipinski definition) is 3. The molecule has 0 bridgehead atoms. The van der Waals surface area contributed by atoms with Crippen LogP contribution in [0.2, 0.25) is 0 Å². The molecule has 0 saturated heterocycles. The molecule has 0 radical (unpaired) electrons. The molecular formula is C29H26O3. The SMILES string of the molecule is COc1ccc(C(c2ccc(OC)cc2)[C@@H](C(=O)c2ccccc2)c2ccccc2)cc1. The van der Waals surface area contributed by atoms with Gasteiger partial charge in [0.1, 0.15) is 11.5 Å². The van der Waals surface area contributed by atoms with Crippen molar-refractivity contribution in [1.82, 2.24) is 0 Å². The van der Waals surface area contributed by atoms with Gasteiger partial charge in [-0.15, -0.1) is 0 Å².